The van der Waals surface area contributed by atoms with Crippen LogP contribution in [0.25, 0.3) is 0 Å². The monoisotopic (exact) mass is 210 g/mol. The predicted octanol–water partition coefficient (Wildman–Crippen LogP) is 1.70. The summed E-state index contributed by atoms with van der Waals surface area (Å²) in [7, 11) is 0. The Bertz CT molecular complexity index is 304. The lowest BCUT2D eigenvalue weighted by Crippen LogP contribution is -2.27. The van der Waals surface area contributed by atoms with E-state index in [-0.39, 0.29) is 0 Å². The summed E-state index contributed by atoms with van der Waals surface area (Å²) in [6.45, 7) is 12.5. The first kappa shape index (κ1) is 12.2. The molecule has 4 heteroatoms. The molecule has 1 heterocycles. The quantitative estimate of drug-likeness (QED) is 0.804. The maximum Gasteiger partial charge on any atom is 0.147 e. The van der Waals surface area contributed by atoms with Crippen LogP contribution in [0.15, 0.2) is 0 Å². The van der Waals surface area contributed by atoms with Crippen molar-refractivity contribution in [3.05, 3.63) is 11.6 Å². The van der Waals surface area contributed by atoms with Crippen LogP contribution in [0, 0.1) is 19.8 Å². The van der Waals surface area contributed by atoms with Gasteiger partial charge in [0, 0.05) is 6.54 Å². The van der Waals surface area contributed by atoms with Crippen molar-refractivity contribution in [3.63, 3.8) is 0 Å². The van der Waals surface area contributed by atoms with Gasteiger partial charge in [-0.2, -0.15) is 5.10 Å². The number of hydrogen-bond acceptors (Lipinski definition) is 3. The SMILES string of the molecule is Cc1nc(C)n(C(C)CNCC(C)C)n1. The van der Waals surface area contributed by atoms with E-state index in [4.69, 9.17) is 0 Å². The summed E-state index contributed by atoms with van der Waals surface area (Å²) < 4.78 is 1.99. The largest absolute Gasteiger partial charge is 0.314 e. The lowest BCUT2D eigenvalue weighted by Gasteiger charge is -2.15. The van der Waals surface area contributed by atoms with Crippen LogP contribution in [0.4, 0.5) is 0 Å². The zero-order chi connectivity index (χ0) is 11.4. The zero-order valence-electron chi connectivity index (χ0n) is 10.4. The van der Waals surface area contributed by atoms with Gasteiger partial charge in [-0.15, -0.1) is 0 Å². The van der Waals surface area contributed by atoms with Gasteiger partial charge in [0.15, 0.2) is 0 Å². The number of nitrogens with zero attached hydrogens (tertiary/aromatic N) is 3. The third kappa shape index (κ3) is 3.63. The Morgan fingerprint density at radius 1 is 1.20 bits per heavy atom. The van der Waals surface area contributed by atoms with Gasteiger partial charge >= 0.3 is 0 Å². The van der Waals surface area contributed by atoms with Gasteiger partial charge in [0.2, 0.25) is 0 Å². The molecule has 0 bridgehead atoms. The zero-order valence-corrected chi connectivity index (χ0v) is 10.4. The van der Waals surface area contributed by atoms with Crippen molar-refractivity contribution in [1.82, 2.24) is 20.1 Å². The van der Waals surface area contributed by atoms with Crippen molar-refractivity contribution in [1.29, 1.82) is 0 Å². The smallest absolute Gasteiger partial charge is 0.147 e. The van der Waals surface area contributed by atoms with Crippen LogP contribution < -0.4 is 5.32 Å². The van der Waals surface area contributed by atoms with E-state index < -0.39 is 0 Å². The van der Waals surface area contributed by atoms with Crippen molar-refractivity contribution < 1.29 is 0 Å². The Morgan fingerprint density at radius 3 is 2.33 bits per heavy atom. The predicted molar refractivity (Wildman–Crippen MR) is 61.9 cm³/mol. The van der Waals surface area contributed by atoms with Gasteiger partial charge in [-0.05, 0) is 33.2 Å². The molecule has 0 amide bonds. The van der Waals surface area contributed by atoms with Crippen LogP contribution in [0.3, 0.4) is 0 Å². The van der Waals surface area contributed by atoms with Crippen LogP contribution in [-0.2, 0) is 0 Å². The molecule has 0 aliphatic rings. The molecule has 1 aromatic rings. The van der Waals surface area contributed by atoms with Crippen LogP contribution in [0.2, 0.25) is 0 Å². The van der Waals surface area contributed by atoms with Crippen LogP contribution in [0.1, 0.15) is 38.5 Å². The molecule has 1 N–H and O–H groups in total. The fourth-order valence-corrected chi connectivity index (χ4v) is 1.62. The topological polar surface area (TPSA) is 42.7 Å². The maximum atomic E-state index is 4.37. The lowest BCUT2D eigenvalue weighted by atomic mass is 10.2. The van der Waals surface area contributed by atoms with Gasteiger partial charge < -0.3 is 5.32 Å². The van der Waals surface area contributed by atoms with E-state index >= 15 is 0 Å². The first-order valence-corrected chi connectivity index (χ1v) is 5.61. The summed E-state index contributed by atoms with van der Waals surface area (Å²) in [5, 5.41) is 7.80. The van der Waals surface area contributed by atoms with E-state index in [1.165, 1.54) is 0 Å². The van der Waals surface area contributed by atoms with Gasteiger partial charge in [0.25, 0.3) is 0 Å². The number of aromatic nitrogens is 3. The molecule has 1 rings (SSSR count). The molecule has 86 valence electrons. The highest BCUT2D eigenvalue weighted by atomic mass is 15.4. The van der Waals surface area contributed by atoms with Crippen molar-refractivity contribution in [3.8, 4) is 0 Å². The maximum absolute atomic E-state index is 4.37. The third-order valence-corrected chi connectivity index (χ3v) is 2.32. The van der Waals surface area contributed by atoms with E-state index in [0.29, 0.717) is 12.0 Å². The first-order chi connectivity index (χ1) is 7.00. The Kier molecular flexibility index (Phi) is 4.27. The second kappa shape index (κ2) is 5.26. The Labute approximate surface area is 92.1 Å². The minimum absolute atomic E-state index is 0.366. The summed E-state index contributed by atoms with van der Waals surface area (Å²) >= 11 is 0. The van der Waals surface area contributed by atoms with Gasteiger partial charge in [-0.1, -0.05) is 13.8 Å². The molecular formula is C11H22N4. The third-order valence-electron chi connectivity index (χ3n) is 2.32. The fraction of sp³-hybridized carbons (Fsp3) is 0.818. The van der Waals surface area contributed by atoms with Gasteiger partial charge in [0.1, 0.15) is 11.6 Å². The second-order valence-corrected chi connectivity index (χ2v) is 4.55. The molecule has 0 fully saturated rings. The summed E-state index contributed by atoms with van der Waals surface area (Å²) in [5.41, 5.74) is 0. The summed E-state index contributed by atoms with van der Waals surface area (Å²) in [6.07, 6.45) is 0. The molecule has 0 spiro atoms. The molecular weight excluding hydrogens is 188 g/mol. The average Bonchev–Trinajstić information content (AvgIpc) is 2.44. The first-order valence-electron chi connectivity index (χ1n) is 5.61. The minimum Gasteiger partial charge on any atom is -0.314 e. The highest BCUT2D eigenvalue weighted by molar-refractivity contribution is 4.89. The number of hydrogen-bond donors (Lipinski definition) is 1. The van der Waals surface area contributed by atoms with Crippen molar-refractivity contribution >= 4 is 0 Å². The summed E-state index contributed by atoms with van der Waals surface area (Å²) in [6, 6.07) is 0.366. The van der Waals surface area contributed by atoms with Gasteiger partial charge in [-0.25, -0.2) is 9.67 Å². The van der Waals surface area contributed by atoms with Crippen LogP contribution in [-0.4, -0.2) is 27.9 Å². The second-order valence-electron chi connectivity index (χ2n) is 4.55. The minimum atomic E-state index is 0.366. The normalized spacial score (nSPS) is 13.5. The molecule has 0 aromatic carbocycles. The Balaban J connectivity index is 2.46. The van der Waals surface area contributed by atoms with E-state index in [1.54, 1.807) is 0 Å². The molecule has 1 aromatic heterocycles. The number of nitrogens with one attached hydrogen (secondary N) is 1. The number of aryl methyl sites for hydroxylation is 2. The molecule has 0 aliphatic heterocycles. The van der Waals surface area contributed by atoms with Crippen LogP contribution in [0.5, 0.6) is 0 Å². The Morgan fingerprint density at radius 2 is 1.87 bits per heavy atom. The molecule has 1 unspecified atom stereocenters. The Hall–Kier alpha value is -0.900. The van der Waals surface area contributed by atoms with Gasteiger partial charge in [0.05, 0.1) is 6.04 Å². The summed E-state index contributed by atoms with van der Waals surface area (Å²) in [5.74, 6) is 2.53. The highest BCUT2D eigenvalue weighted by Crippen LogP contribution is 2.06. The molecule has 1 atom stereocenters. The van der Waals surface area contributed by atoms with Gasteiger partial charge in [-0.3, -0.25) is 0 Å². The lowest BCUT2D eigenvalue weighted by molar-refractivity contribution is 0.426. The molecule has 0 radical (unpaired) electrons. The van der Waals surface area contributed by atoms with E-state index in [0.717, 1.165) is 24.7 Å². The molecule has 4 nitrogen and oxygen atoms in total. The van der Waals surface area contributed by atoms with Crippen molar-refractivity contribution in [2.45, 2.75) is 40.7 Å². The fourth-order valence-electron chi connectivity index (χ4n) is 1.62. The molecule has 0 saturated heterocycles. The summed E-state index contributed by atoms with van der Waals surface area (Å²) in [4.78, 5) is 4.30. The van der Waals surface area contributed by atoms with E-state index in [1.807, 2.05) is 18.5 Å². The van der Waals surface area contributed by atoms with Crippen LogP contribution >= 0.6 is 0 Å². The number of rotatable bonds is 5. The van der Waals surface area contributed by atoms with Crippen molar-refractivity contribution in [2.24, 2.45) is 5.92 Å². The van der Waals surface area contributed by atoms with E-state index in [9.17, 15) is 0 Å². The molecule has 0 aliphatic carbocycles. The molecule has 15 heavy (non-hydrogen) atoms. The average molecular weight is 210 g/mol. The molecule has 0 saturated carbocycles. The van der Waals surface area contributed by atoms with E-state index in [2.05, 4.69) is 36.2 Å². The highest BCUT2D eigenvalue weighted by Gasteiger charge is 2.09. The standard InChI is InChI=1S/C11H22N4/c1-8(2)6-12-7-9(3)15-11(5)13-10(4)14-15/h8-9,12H,6-7H2,1-5H3. The van der Waals surface area contributed by atoms with Crippen molar-refractivity contribution in [2.75, 3.05) is 13.1 Å².